The fourth-order valence-electron chi connectivity index (χ4n) is 3.92. The molecule has 2 heterocycles. The van der Waals surface area contributed by atoms with Gasteiger partial charge in [-0.1, -0.05) is 0 Å². The summed E-state index contributed by atoms with van der Waals surface area (Å²) in [5.41, 5.74) is 1.58. The largest absolute Gasteiger partial charge is 0.573 e. The average Bonchev–Trinajstić information content (AvgIpc) is 3.33. The summed E-state index contributed by atoms with van der Waals surface area (Å²) >= 11 is 1.46. The molecule has 0 N–H and O–H groups in total. The summed E-state index contributed by atoms with van der Waals surface area (Å²) in [6.07, 6.45) is -4.07. The van der Waals surface area contributed by atoms with E-state index in [9.17, 15) is 21.6 Å². The van der Waals surface area contributed by atoms with Crippen LogP contribution in [0.15, 0.2) is 52.7 Å². The quantitative estimate of drug-likeness (QED) is 0.419. The van der Waals surface area contributed by atoms with E-state index in [0.29, 0.717) is 37.4 Å². The standard InChI is InChI=1S/C23H23F3N2O5S2/c1-31-16-5-8-19(21(13-16)32-2)20-14-34-22(27-20)28-11-9-18(10-12-28)35(29,30)17-6-3-15(4-7-17)33-23(24,25)26/h3-8,13-14,18H,9-12H2,1-2H3. The number of sulfone groups is 1. The number of halogens is 3. The van der Waals surface area contributed by atoms with Crippen molar-refractivity contribution in [2.24, 2.45) is 0 Å². The van der Waals surface area contributed by atoms with E-state index < -0.39 is 27.2 Å². The number of nitrogens with zero attached hydrogens (tertiary/aromatic N) is 2. The molecule has 0 spiro atoms. The molecule has 7 nitrogen and oxygen atoms in total. The van der Waals surface area contributed by atoms with Crippen LogP contribution in [0, 0.1) is 0 Å². The molecule has 35 heavy (non-hydrogen) atoms. The van der Waals surface area contributed by atoms with E-state index in [1.807, 2.05) is 22.4 Å². The highest BCUT2D eigenvalue weighted by Gasteiger charge is 2.33. The number of ether oxygens (including phenoxy) is 3. The fourth-order valence-corrected chi connectivity index (χ4v) is 6.54. The molecular formula is C23H23F3N2O5S2. The molecule has 3 aromatic rings. The van der Waals surface area contributed by atoms with Gasteiger partial charge in [-0.2, -0.15) is 0 Å². The molecule has 188 valence electrons. The number of thiazole rings is 1. The number of hydrogen-bond donors (Lipinski definition) is 0. The number of benzene rings is 2. The highest BCUT2D eigenvalue weighted by atomic mass is 32.2. The molecule has 0 atom stereocenters. The van der Waals surface area contributed by atoms with Crippen LogP contribution in [0.4, 0.5) is 18.3 Å². The van der Waals surface area contributed by atoms with E-state index in [0.717, 1.165) is 40.7 Å². The normalized spacial score (nSPS) is 15.2. The number of piperidine rings is 1. The van der Waals surface area contributed by atoms with Crippen LogP contribution < -0.4 is 19.1 Å². The third kappa shape index (κ3) is 5.64. The van der Waals surface area contributed by atoms with E-state index in [1.54, 1.807) is 20.3 Å². The van der Waals surface area contributed by atoms with E-state index in [4.69, 9.17) is 14.5 Å². The fraction of sp³-hybridized carbons (Fsp3) is 0.348. The van der Waals surface area contributed by atoms with Crippen molar-refractivity contribution < 1.29 is 35.8 Å². The SMILES string of the molecule is COc1ccc(-c2csc(N3CCC(S(=O)(=O)c4ccc(OC(F)(F)F)cc4)CC3)n2)c(OC)c1. The summed E-state index contributed by atoms with van der Waals surface area (Å²) in [5.74, 6) is 0.851. The van der Waals surface area contributed by atoms with Crippen LogP contribution in [-0.2, 0) is 9.84 Å². The van der Waals surface area contributed by atoms with Gasteiger partial charge in [0.2, 0.25) is 0 Å². The topological polar surface area (TPSA) is 78.0 Å². The lowest BCUT2D eigenvalue weighted by Gasteiger charge is -2.31. The molecule has 12 heteroatoms. The minimum absolute atomic E-state index is 0.0198. The third-order valence-corrected chi connectivity index (χ3v) is 8.89. The van der Waals surface area contributed by atoms with Crippen LogP contribution in [0.5, 0.6) is 17.2 Å². The highest BCUT2D eigenvalue weighted by molar-refractivity contribution is 7.92. The van der Waals surface area contributed by atoms with Gasteiger partial charge in [-0.15, -0.1) is 24.5 Å². The highest BCUT2D eigenvalue weighted by Crippen LogP contribution is 2.37. The summed E-state index contributed by atoms with van der Waals surface area (Å²) in [6, 6.07) is 9.82. The predicted octanol–water partition coefficient (Wildman–Crippen LogP) is 5.17. The first-order valence-corrected chi connectivity index (χ1v) is 13.1. The summed E-state index contributed by atoms with van der Waals surface area (Å²) in [5, 5.41) is 2.07. The lowest BCUT2D eigenvalue weighted by molar-refractivity contribution is -0.274. The minimum Gasteiger partial charge on any atom is -0.497 e. The lowest BCUT2D eigenvalue weighted by Crippen LogP contribution is -2.39. The van der Waals surface area contributed by atoms with Gasteiger partial charge in [0.15, 0.2) is 15.0 Å². The zero-order chi connectivity index (χ0) is 25.2. The van der Waals surface area contributed by atoms with E-state index in [1.165, 1.54) is 11.3 Å². The van der Waals surface area contributed by atoms with Gasteiger partial charge in [0, 0.05) is 30.1 Å². The Balaban J connectivity index is 1.42. The Morgan fingerprint density at radius 3 is 2.26 bits per heavy atom. The monoisotopic (exact) mass is 528 g/mol. The summed E-state index contributed by atoms with van der Waals surface area (Å²) < 4.78 is 77.6. The lowest BCUT2D eigenvalue weighted by atomic mass is 10.1. The molecule has 1 aliphatic rings. The van der Waals surface area contributed by atoms with E-state index in [-0.39, 0.29) is 4.90 Å². The molecule has 0 amide bonds. The van der Waals surface area contributed by atoms with Gasteiger partial charge in [-0.3, -0.25) is 0 Å². The van der Waals surface area contributed by atoms with Crippen molar-refractivity contribution in [1.82, 2.24) is 4.98 Å². The third-order valence-electron chi connectivity index (χ3n) is 5.71. The maximum absolute atomic E-state index is 13.0. The number of aromatic nitrogens is 1. The van der Waals surface area contributed by atoms with Crippen LogP contribution in [0.1, 0.15) is 12.8 Å². The Labute approximate surface area is 205 Å². The molecular weight excluding hydrogens is 505 g/mol. The number of rotatable bonds is 7. The molecule has 0 aliphatic carbocycles. The second-order valence-corrected chi connectivity index (χ2v) is 10.9. The Morgan fingerprint density at radius 1 is 1.00 bits per heavy atom. The van der Waals surface area contributed by atoms with Crippen LogP contribution >= 0.6 is 11.3 Å². The Bertz CT molecular complexity index is 1270. The number of methoxy groups -OCH3 is 2. The zero-order valence-corrected chi connectivity index (χ0v) is 20.5. The smallest absolute Gasteiger partial charge is 0.497 e. The molecule has 0 saturated carbocycles. The summed E-state index contributed by atoms with van der Waals surface area (Å²) in [4.78, 5) is 6.74. The second-order valence-electron chi connectivity index (χ2n) is 7.83. The Kier molecular flexibility index (Phi) is 7.13. The number of alkyl halides is 3. The van der Waals surface area contributed by atoms with Crippen LogP contribution in [0.25, 0.3) is 11.3 Å². The van der Waals surface area contributed by atoms with Gasteiger partial charge in [0.25, 0.3) is 0 Å². The Hall–Kier alpha value is -2.99. The van der Waals surface area contributed by atoms with Gasteiger partial charge in [-0.05, 0) is 49.2 Å². The molecule has 1 fully saturated rings. The van der Waals surface area contributed by atoms with E-state index >= 15 is 0 Å². The summed E-state index contributed by atoms with van der Waals surface area (Å²) in [7, 11) is -0.533. The molecule has 0 bridgehead atoms. The Morgan fingerprint density at radius 2 is 1.66 bits per heavy atom. The predicted molar refractivity (Wildman–Crippen MR) is 126 cm³/mol. The maximum atomic E-state index is 13.0. The molecule has 0 unspecified atom stereocenters. The first-order valence-electron chi connectivity index (χ1n) is 10.6. The van der Waals surface area contributed by atoms with E-state index in [2.05, 4.69) is 4.74 Å². The minimum atomic E-state index is -4.83. The number of anilines is 1. The first-order chi connectivity index (χ1) is 16.6. The number of hydrogen-bond acceptors (Lipinski definition) is 8. The van der Waals surface area contributed by atoms with Crippen molar-refractivity contribution in [1.29, 1.82) is 0 Å². The van der Waals surface area contributed by atoms with Crippen molar-refractivity contribution in [3.8, 4) is 28.5 Å². The molecule has 1 aromatic heterocycles. The molecule has 1 aliphatic heterocycles. The van der Waals surface area contributed by atoms with Crippen molar-refractivity contribution in [2.75, 3.05) is 32.2 Å². The average molecular weight is 529 g/mol. The van der Waals surface area contributed by atoms with Crippen LogP contribution in [-0.4, -0.2) is 52.3 Å². The molecule has 1 saturated heterocycles. The molecule has 0 radical (unpaired) electrons. The summed E-state index contributed by atoms with van der Waals surface area (Å²) in [6.45, 7) is 0.984. The maximum Gasteiger partial charge on any atom is 0.573 e. The van der Waals surface area contributed by atoms with Crippen molar-refractivity contribution in [3.05, 3.63) is 47.8 Å². The van der Waals surface area contributed by atoms with Gasteiger partial charge in [0.05, 0.1) is 30.1 Å². The molecule has 2 aromatic carbocycles. The second kappa shape index (κ2) is 9.94. The van der Waals surface area contributed by atoms with Gasteiger partial charge in [0.1, 0.15) is 17.2 Å². The van der Waals surface area contributed by atoms with Crippen molar-refractivity contribution in [2.45, 2.75) is 29.3 Å². The van der Waals surface area contributed by atoms with Gasteiger partial charge < -0.3 is 19.1 Å². The van der Waals surface area contributed by atoms with Gasteiger partial charge in [-0.25, -0.2) is 13.4 Å². The van der Waals surface area contributed by atoms with Crippen LogP contribution in [0.2, 0.25) is 0 Å². The van der Waals surface area contributed by atoms with Crippen molar-refractivity contribution >= 4 is 26.3 Å². The van der Waals surface area contributed by atoms with Crippen molar-refractivity contribution in [3.63, 3.8) is 0 Å². The zero-order valence-electron chi connectivity index (χ0n) is 18.9. The van der Waals surface area contributed by atoms with Crippen LogP contribution in [0.3, 0.4) is 0 Å². The van der Waals surface area contributed by atoms with Gasteiger partial charge >= 0.3 is 6.36 Å². The first kappa shape index (κ1) is 25.1. The molecule has 4 rings (SSSR count).